The summed E-state index contributed by atoms with van der Waals surface area (Å²) in [6, 6.07) is 12.4. The smallest absolute Gasteiger partial charge is 0.324 e. The van der Waals surface area contributed by atoms with Gasteiger partial charge in [0.15, 0.2) is 6.10 Å². The fraction of sp³-hybridized carbons (Fsp3) is 0.520. The van der Waals surface area contributed by atoms with Gasteiger partial charge in [0.25, 0.3) is 11.8 Å². The Bertz CT molecular complexity index is 2530. The lowest BCUT2D eigenvalue weighted by molar-refractivity contribution is -0.155. The van der Waals surface area contributed by atoms with Crippen LogP contribution in [0.4, 0.5) is 0 Å². The highest BCUT2D eigenvalue weighted by Gasteiger charge is 2.43. The second kappa shape index (κ2) is 18.8. The SMILES string of the molecule is CO[C@@H](C)c1ncccc1-c1c2c3cc(ccc3n1C)-c1cc(O)cc(c1)C[C@H](NC(=O)[C@H](C(C)C)N(C)C(=O)[C@H]1CCN(C(=O)C3CO3)C1)C(=O)N1CCC[C@H](N1)C(=O)OCC(C)(C)C2. The number of rotatable bonds is 9. The van der Waals surface area contributed by atoms with Gasteiger partial charge in [-0.05, 0) is 97.2 Å². The molecule has 0 spiro atoms. The molecular weight excluding hydrogens is 843 g/mol. The van der Waals surface area contributed by atoms with Gasteiger partial charge in [-0.1, -0.05) is 39.8 Å². The molecule has 0 aliphatic carbocycles. The standard InChI is InChI=1S/C50H63N7O9/c1-28(2)43(55(7)46(60)32-15-18-56(25-32)48(62)41-26-65-41)45(59)52-39-21-30-19-33(22-34(58)20-30)31-13-14-40-36(23-31)37(44(54(40)6)35-11-9-16-51-42(35)29(3)64-8)24-50(4,5)27-66-49(63)38-12-10-17-57(53-38)47(39)61/h9,11,13-14,16,19-20,22-23,28-29,32,38-39,41,43,53,58H,10,12,15,17-18,21,24-27H2,1-8H3,(H,52,59)/t29-,32-,38-,39-,41?,43-/m0/s1. The summed E-state index contributed by atoms with van der Waals surface area (Å²) in [7, 11) is 5.28. The van der Waals surface area contributed by atoms with Gasteiger partial charge in [0.2, 0.25) is 11.8 Å². The maximum Gasteiger partial charge on any atom is 0.324 e. The Morgan fingerprint density at radius 2 is 1.82 bits per heavy atom. The van der Waals surface area contributed by atoms with Crippen molar-refractivity contribution in [3.8, 4) is 28.1 Å². The Morgan fingerprint density at radius 1 is 1.05 bits per heavy atom. The molecule has 2 aromatic carbocycles. The minimum atomic E-state index is -1.16. The first-order chi connectivity index (χ1) is 31.4. The van der Waals surface area contributed by atoms with E-state index in [4.69, 9.17) is 19.2 Å². The largest absolute Gasteiger partial charge is 0.508 e. The van der Waals surface area contributed by atoms with Crippen LogP contribution in [0.2, 0.25) is 0 Å². The molecule has 3 saturated heterocycles. The Morgan fingerprint density at radius 3 is 2.55 bits per heavy atom. The first-order valence-electron chi connectivity index (χ1n) is 23.1. The number of phenols is 1. The Kier molecular flexibility index (Phi) is 13.3. The topological polar surface area (TPSA) is 188 Å². The van der Waals surface area contributed by atoms with Crippen LogP contribution >= 0.6 is 0 Å². The van der Waals surface area contributed by atoms with Gasteiger partial charge in [0.1, 0.15) is 23.9 Å². The van der Waals surface area contributed by atoms with E-state index in [1.54, 1.807) is 37.4 Å². The molecule has 0 saturated carbocycles. The van der Waals surface area contributed by atoms with E-state index in [2.05, 4.69) is 47.4 Å². The van der Waals surface area contributed by atoms with Gasteiger partial charge in [-0.15, -0.1) is 0 Å². The number of aromatic hydroxyl groups is 1. The maximum atomic E-state index is 14.7. The first-order valence-corrected chi connectivity index (χ1v) is 23.1. The van der Waals surface area contributed by atoms with Crippen molar-refractivity contribution >= 4 is 40.5 Å². The number of epoxide rings is 1. The number of hydrogen-bond donors (Lipinski definition) is 3. The van der Waals surface area contributed by atoms with Crippen molar-refractivity contribution in [3.05, 3.63) is 71.5 Å². The van der Waals surface area contributed by atoms with Gasteiger partial charge in [-0.3, -0.25) is 34.0 Å². The second-order valence-corrected chi connectivity index (χ2v) is 19.6. The van der Waals surface area contributed by atoms with E-state index in [0.29, 0.717) is 50.0 Å². The predicted molar refractivity (Wildman–Crippen MR) is 246 cm³/mol. The highest BCUT2D eigenvalue weighted by molar-refractivity contribution is 5.96. The van der Waals surface area contributed by atoms with Gasteiger partial charge in [-0.25, -0.2) is 5.43 Å². The van der Waals surface area contributed by atoms with Crippen molar-refractivity contribution in [3.63, 3.8) is 0 Å². The molecule has 4 aliphatic heterocycles. The molecule has 6 bridgehead atoms. The summed E-state index contributed by atoms with van der Waals surface area (Å²) < 4.78 is 19.2. The number of fused-ring (bicyclic) bond motifs is 6. The van der Waals surface area contributed by atoms with Gasteiger partial charge >= 0.3 is 5.97 Å². The number of carbonyl (C=O) groups is 5. The molecule has 3 fully saturated rings. The van der Waals surface area contributed by atoms with Crippen LogP contribution in [0.1, 0.15) is 76.8 Å². The molecule has 4 aliphatic rings. The molecule has 3 N–H and O–H groups in total. The minimum absolute atomic E-state index is 0.0106. The Balaban J connectivity index is 1.17. The number of ether oxygens (including phenoxy) is 3. The third-order valence-electron chi connectivity index (χ3n) is 13.6. The number of benzene rings is 2. The predicted octanol–water partition coefficient (Wildman–Crippen LogP) is 4.70. The Hall–Kier alpha value is -5.84. The quantitative estimate of drug-likeness (QED) is 0.156. The number of aromatic nitrogens is 2. The zero-order valence-corrected chi connectivity index (χ0v) is 39.3. The van der Waals surface area contributed by atoms with Crippen LogP contribution in [-0.2, 0) is 58.1 Å². The van der Waals surface area contributed by atoms with Gasteiger partial charge in [0.05, 0.1) is 36.6 Å². The van der Waals surface area contributed by atoms with Crippen molar-refractivity contribution < 1.29 is 43.3 Å². The summed E-state index contributed by atoms with van der Waals surface area (Å²) in [6.07, 6.45) is 2.97. The number of esters is 1. The fourth-order valence-corrected chi connectivity index (χ4v) is 10.0. The van der Waals surface area contributed by atoms with Crippen LogP contribution in [0.25, 0.3) is 33.3 Å². The van der Waals surface area contributed by atoms with Crippen molar-refractivity contribution in [2.45, 2.75) is 97.1 Å². The Labute approximate surface area is 385 Å². The van der Waals surface area contributed by atoms with E-state index in [-0.39, 0.29) is 55.7 Å². The van der Waals surface area contributed by atoms with E-state index < -0.39 is 53.3 Å². The summed E-state index contributed by atoms with van der Waals surface area (Å²) in [5, 5.41) is 16.7. The average molecular weight is 906 g/mol. The number of carbonyl (C=O) groups excluding carboxylic acids is 5. The van der Waals surface area contributed by atoms with Gasteiger partial charge in [-0.2, -0.15) is 0 Å². The number of nitrogens with one attached hydrogen (secondary N) is 2. The number of hydrogen-bond acceptors (Lipinski definition) is 11. The van der Waals surface area contributed by atoms with Crippen molar-refractivity contribution in [2.24, 2.45) is 24.3 Å². The molecule has 0 radical (unpaired) electrons. The lowest BCUT2D eigenvalue weighted by Gasteiger charge is -2.37. The van der Waals surface area contributed by atoms with Crippen molar-refractivity contribution in [1.29, 1.82) is 0 Å². The summed E-state index contributed by atoms with van der Waals surface area (Å²) in [5.41, 5.74) is 9.40. The number of pyridine rings is 1. The van der Waals surface area contributed by atoms with Crippen LogP contribution in [0, 0.1) is 17.3 Å². The number of aryl methyl sites for hydroxylation is 1. The van der Waals surface area contributed by atoms with Crippen LogP contribution in [0.5, 0.6) is 5.75 Å². The molecule has 6 heterocycles. The third kappa shape index (κ3) is 9.54. The number of cyclic esters (lactones) is 1. The summed E-state index contributed by atoms with van der Waals surface area (Å²) in [5.74, 6) is -2.71. The molecule has 8 rings (SSSR count). The molecule has 16 nitrogen and oxygen atoms in total. The van der Waals surface area contributed by atoms with Crippen LogP contribution < -0.4 is 10.7 Å². The number of nitrogens with zero attached hydrogens (tertiary/aromatic N) is 5. The molecule has 4 aromatic rings. The summed E-state index contributed by atoms with van der Waals surface area (Å²) in [4.78, 5) is 77.6. The number of amides is 4. The molecule has 16 heteroatoms. The number of hydrazine groups is 1. The molecule has 6 atom stereocenters. The minimum Gasteiger partial charge on any atom is -0.508 e. The molecule has 352 valence electrons. The van der Waals surface area contributed by atoms with E-state index in [1.165, 1.54) is 9.91 Å². The zero-order valence-electron chi connectivity index (χ0n) is 39.3. The molecule has 1 unspecified atom stereocenters. The molecule has 4 amide bonds. The van der Waals surface area contributed by atoms with E-state index in [9.17, 15) is 29.1 Å². The highest BCUT2D eigenvalue weighted by Crippen LogP contribution is 2.42. The summed E-state index contributed by atoms with van der Waals surface area (Å²) >= 11 is 0. The molecule has 2 aromatic heterocycles. The average Bonchev–Trinajstić information content (AvgIpc) is 3.97. The first kappa shape index (κ1) is 46.7. The van der Waals surface area contributed by atoms with Crippen LogP contribution in [0.15, 0.2) is 54.7 Å². The van der Waals surface area contributed by atoms with Crippen molar-refractivity contribution in [2.75, 3.05) is 47.0 Å². The third-order valence-corrected chi connectivity index (χ3v) is 13.6. The lowest BCUT2D eigenvalue weighted by Crippen LogP contribution is -2.62. The lowest BCUT2D eigenvalue weighted by atomic mass is 9.84. The maximum absolute atomic E-state index is 14.7. The van der Waals surface area contributed by atoms with E-state index in [1.807, 2.05) is 46.0 Å². The van der Waals surface area contributed by atoms with Crippen molar-refractivity contribution in [1.82, 2.24) is 35.1 Å². The van der Waals surface area contributed by atoms with Crippen LogP contribution in [0.3, 0.4) is 0 Å². The zero-order chi connectivity index (χ0) is 47.2. The number of methoxy groups -OCH3 is 1. The fourth-order valence-electron chi connectivity index (χ4n) is 10.0. The highest BCUT2D eigenvalue weighted by atomic mass is 16.6. The molecule has 66 heavy (non-hydrogen) atoms. The normalized spacial score (nSPS) is 23.0. The molecular formula is C50H63N7O9. The number of likely N-dealkylation sites (N-methyl/N-ethyl adjacent to an activating group) is 1. The van der Waals surface area contributed by atoms with E-state index in [0.717, 1.165) is 39.0 Å². The second-order valence-electron chi connectivity index (χ2n) is 19.6. The summed E-state index contributed by atoms with van der Waals surface area (Å²) in [6.45, 7) is 11.2. The number of phenolic OH excluding ortho intramolecular Hbond substituents is 1. The van der Waals surface area contributed by atoms with Crippen LogP contribution in [-0.4, -0.2) is 130 Å². The van der Waals surface area contributed by atoms with E-state index >= 15 is 0 Å². The van der Waals surface area contributed by atoms with Gasteiger partial charge < -0.3 is 39.0 Å². The monoisotopic (exact) mass is 905 g/mol. The number of likely N-dealkylation sites (tertiary alicyclic amines) is 1. The van der Waals surface area contributed by atoms with Gasteiger partial charge in [0, 0.05) is 75.3 Å².